The fourth-order valence-corrected chi connectivity index (χ4v) is 2.56. The normalized spacial score (nSPS) is 10.9. The zero-order valence-electron chi connectivity index (χ0n) is 15.0. The van der Waals surface area contributed by atoms with Crippen molar-refractivity contribution in [2.24, 2.45) is 5.10 Å². The van der Waals surface area contributed by atoms with E-state index in [1.54, 1.807) is 49.3 Å². The van der Waals surface area contributed by atoms with E-state index in [2.05, 4.69) is 30.8 Å². The van der Waals surface area contributed by atoms with Crippen molar-refractivity contribution in [3.05, 3.63) is 63.9 Å². The van der Waals surface area contributed by atoms with Gasteiger partial charge in [0.25, 0.3) is 0 Å². The highest BCUT2D eigenvalue weighted by Gasteiger charge is 2.08. The number of aromatic nitrogens is 3. The number of halogens is 3. The van der Waals surface area contributed by atoms with E-state index in [-0.39, 0.29) is 17.7 Å². The lowest BCUT2D eigenvalue weighted by Gasteiger charge is -2.13. The van der Waals surface area contributed by atoms with Crippen molar-refractivity contribution in [2.75, 3.05) is 29.7 Å². The Labute approximate surface area is 171 Å². The second kappa shape index (κ2) is 8.81. The summed E-state index contributed by atoms with van der Waals surface area (Å²) in [5, 5.41) is 8.13. The van der Waals surface area contributed by atoms with E-state index in [9.17, 15) is 4.39 Å². The van der Waals surface area contributed by atoms with Crippen LogP contribution in [0.25, 0.3) is 0 Å². The second-order valence-electron chi connectivity index (χ2n) is 5.84. The van der Waals surface area contributed by atoms with Crippen molar-refractivity contribution in [1.82, 2.24) is 15.0 Å². The fraction of sp³-hybridized carbons (Fsp3) is 0.111. The number of hydrazone groups is 1. The molecule has 0 bridgehead atoms. The van der Waals surface area contributed by atoms with Crippen LogP contribution >= 0.6 is 23.2 Å². The number of hydrogen-bond donors (Lipinski definition) is 2. The van der Waals surface area contributed by atoms with E-state index in [4.69, 9.17) is 23.2 Å². The molecule has 0 unspecified atom stereocenters. The first kappa shape index (κ1) is 19.8. The van der Waals surface area contributed by atoms with Gasteiger partial charge in [0.1, 0.15) is 5.82 Å². The van der Waals surface area contributed by atoms with Gasteiger partial charge in [0, 0.05) is 30.4 Å². The molecule has 0 aliphatic carbocycles. The van der Waals surface area contributed by atoms with Gasteiger partial charge < -0.3 is 10.2 Å². The Morgan fingerprint density at radius 1 is 1.00 bits per heavy atom. The van der Waals surface area contributed by atoms with Crippen LogP contribution < -0.4 is 15.6 Å². The fourth-order valence-electron chi connectivity index (χ4n) is 2.10. The summed E-state index contributed by atoms with van der Waals surface area (Å²) < 4.78 is 13.1. The first-order valence-electron chi connectivity index (χ1n) is 8.11. The summed E-state index contributed by atoms with van der Waals surface area (Å²) in [6, 6.07) is 10.9. The second-order valence-corrected chi connectivity index (χ2v) is 6.69. The van der Waals surface area contributed by atoms with Crippen LogP contribution in [0.5, 0.6) is 0 Å². The largest absolute Gasteiger partial charge is 0.347 e. The number of nitrogens with one attached hydrogen (secondary N) is 2. The maximum Gasteiger partial charge on any atom is 0.250 e. The van der Waals surface area contributed by atoms with Crippen LogP contribution in [0.4, 0.5) is 27.9 Å². The molecule has 0 saturated carbocycles. The highest BCUT2D eigenvalue weighted by molar-refractivity contribution is 6.36. The molecule has 0 fully saturated rings. The maximum absolute atomic E-state index is 13.1. The van der Waals surface area contributed by atoms with E-state index in [0.717, 1.165) is 0 Å². The number of benzene rings is 2. The quantitative estimate of drug-likeness (QED) is 0.449. The summed E-state index contributed by atoms with van der Waals surface area (Å²) in [6.45, 7) is 0. The van der Waals surface area contributed by atoms with Gasteiger partial charge in [0.05, 0.1) is 11.2 Å². The van der Waals surface area contributed by atoms with Crippen LogP contribution in [0.2, 0.25) is 10.0 Å². The average molecular weight is 420 g/mol. The highest BCUT2D eigenvalue weighted by atomic mass is 35.5. The summed E-state index contributed by atoms with van der Waals surface area (Å²) in [5.41, 5.74) is 4.08. The van der Waals surface area contributed by atoms with Gasteiger partial charge in [-0.25, -0.2) is 9.82 Å². The first-order valence-corrected chi connectivity index (χ1v) is 8.86. The third-order valence-corrected chi connectivity index (χ3v) is 4.02. The smallest absolute Gasteiger partial charge is 0.250 e. The molecule has 0 aliphatic heterocycles. The molecule has 10 heteroatoms. The topological polar surface area (TPSA) is 78.3 Å². The molecular weight excluding hydrogens is 404 g/mol. The van der Waals surface area contributed by atoms with Crippen LogP contribution in [0.1, 0.15) is 5.56 Å². The predicted molar refractivity (Wildman–Crippen MR) is 112 cm³/mol. The van der Waals surface area contributed by atoms with E-state index in [0.29, 0.717) is 27.2 Å². The molecule has 0 radical (unpaired) electrons. The molecule has 144 valence electrons. The average Bonchev–Trinajstić information content (AvgIpc) is 2.65. The predicted octanol–water partition coefficient (Wildman–Crippen LogP) is 4.57. The van der Waals surface area contributed by atoms with Crippen molar-refractivity contribution >= 4 is 52.9 Å². The van der Waals surface area contributed by atoms with E-state index in [1.807, 2.05) is 0 Å². The van der Waals surface area contributed by atoms with Gasteiger partial charge in [0.15, 0.2) is 0 Å². The molecule has 0 amide bonds. The number of hydrogen-bond acceptors (Lipinski definition) is 7. The molecule has 2 aromatic carbocycles. The Balaban J connectivity index is 1.80. The zero-order chi connectivity index (χ0) is 20.1. The monoisotopic (exact) mass is 419 g/mol. The first-order chi connectivity index (χ1) is 13.4. The van der Waals surface area contributed by atoms with Gasteiger partial charge in [-0.15, -0.1) is 0 Å². The molecule has 1 aromatic heterocycles. The summed E-state index contributed by atoms with van der Waals surface area (Å²) in [5.74, 6) is 0.603. The van der Waals surface area contributed by atoms with Crippen LogP contribution in [0.15, 0.2) is 47.6 Å². The van der Waals surface area contributed by atoms with Crippen molar-refractivity contribution < 1.29 is 4.39 Å². The maximum atomic E-state index is 13.1. The van der Waals surface area contributed by atoms with E-state index in [1.165, 1.54) is 18.3 Å². The Morgan fingerprint density at radius 2 is 1.71 bits per heavy atom. The molecule has 0 atom stereocenters. The van der Waals surface area contributed by atoms with Gasteiger partial charge in [-0.1, -0.05) is 29.3 Å². The van der Waals surface area contributed by atoms with Gasteiger partial charge in [-0.05, 0) is 36.4 Å². The molecule has 0 spiro atoms. The van der Waals surface area contributed by atoms with Gasteiger partial charge >= 0.3 is 0 Å². The summed E-state index contributed by atoms with van der Waals surface area (Å²) in [6.07, 6.45) is 1.53. The third-order valence-electron chi connectivity index (χ3n) is 3.45. The molecule has 28 heavy (non-hydrogen) atoms. The van der Waals surface area contributed by atoms with E-state index >= 15 is 0 Å². The van der Waals surface area contributed by atoms with Crippen molar-refractivity contribution in [1.29, 1.82) is 0 Å². The van der Waals surface area contributed by atoms with Crippen molar-refractivity contribution in [2.45, 2.75) is 0 Å². The summed E-state index contributed by atoms with van der Waals surface area (Å²) in [4.78, 5) is 14.6. The van der Waals surface area contributed by atoms with Crippen LogP contribution in [-0.4, -0.2) is 35.3 Å². The highest BCUT2D eigenvalue weighted by Crippen LogP contribution is 2.20. The molecule has 3 rings (SSSR count). The molecule has 0 aliphatic rings. The van der Waals surface area contributed by atoms with Crippen LogP contribution in [0.3, 0.4) is 0 Å². The summed E-state index contributed by atoms with van der Waals surface area (Å²) >= 11 is 12.0. The van der Waals surface area contributed by atoms with Crippen molar-refractivity contribution in [3.63, 3.8) is 0 Å². The Bertz CT molecular complexity index is 994. The third kappa shape index (κ3) is 5.28. The molecule has 1 heterocycles. The lowest BCUT2D eigenvalue weighted by Crippen LogP contribution is -2.15. The number of rotatable bonds is 6. The molecular formula is C18H16Cl2FN7. The molecule has 2 N–H and O–H groups in total. The minimum Gasteiger partial charge on any atom is -0.347 e. The lowest BCUT2D eigenvalue weighted by molar-refractivity contribution is 0.628. The Morgan fingerprint density at radius 3 is 2.39 bits per heavy atom. The van der Waals surface area contributed by atoms with E-state index < -0.39 is 0 Å². The van der Waals surface area contributed by atoms with Gasteiger partial charge in [-0.3, -0.25) is 0 Å². The lowest BCUT2D eigenvalue weighted by atomic mass is 10.2. The van der Waals surface area contributed by atoms with Gasteiger partial charge in [0.2, 0.25) is 17.8 Å². The minimum atomic E-state index is -0.326. The molecule has 7 nitrogen and oxygen atoms in total. The van der Waals surface area contributed by atoms with Gasteiger partial charge in [-0.2, -0.15) is 20.1 Å². The molecule has 3 aromatic rings. The Hall–Kier alpha value is -2.97. The Kier molecular flexibility index (Phi) is 6.23. The zero-order valence-corrected chi connectivity index (χ0v) is 16.5. The minimum absolute atomic E-state index is 0.227. The van der Waals surface area contributed by atoms with Crippen LogP contribution in [-0.2, 0) is 0 Å². The van der Waals surface area contributed by atoms with Crippen LogP contribution in [0, 0.1) is 5.82 Å². The summed E-state index contributed by atoms with van der Waals surface area (Å²) in [7, 11) is 3.61. The SMILES string of the molecule is CN(C)c1nc(N/N=C/c2ccc(Cl)cc2Cl)nc(Nc2ccc(F)cc2)n1. The molecule has 0 saturated heterocycles. The standard InChI is InChI=1S/C18H16Cl2FN7/c1-28(2)18-25-16(23-14-7-5-13(21)6-8-14)24-17(26-18)27-22-10-11-3-4-12(19)9-15(11)20/h3-10H,1-2H3,(H2,23,24,25,26,27)/b22-10+. The van der Waals surface area contributed by atoms with Crippen molar-refractivity contribution in [3.8, 4) is 0 Å². The number of nitrogens with zero attached hydrogens (tertiary/aromatic N) is 5. The number of anilines is 4.